The van der Waals surface area contributed by atoms with Gasteiger partial charge in [-0.05, 0) is 55.1 Å². The molecule has 5 aromatic rings. The fraction of sp³-hybridized carbons (Fsp3) is 0.267. The molecule has 4 aromatic heterocycles. The highest BCUT2D eigenvalue weighted by atomic mass is 16.3. The van der Waals surface area contributed by atoms with Crippen molar-refractivity contribution in [3.8, 4) is 11.1 Å². The first-order chi connectivity index (χ1) is 19.4. The minimum Gasteiger partial charge on any atom is -0.464 e. The third-order valence-corrected chi connectivity index (χ3v) is 7.89. The quantitative estimate of drug-likeness (QED) is 0.337. The maximum Gasteiger partial charge on any atom is 0.254 e. The van der Waals surface area contributed by atoms with E-state index in [2.05, 4.69) is 26.7 Å². The Morgan fingerprint density at radius 1 is 1.12 bits per heavy atom. The van der Waals surface area contributed by atoms with Crippen LogP contribution in [0.4, 0.5) is 11.5 Å². The van der Waals surface area contributed by atoms with Crippen LogP contribution >= 0.6 is 0 Å². The summed E-state index contributed by atoms with van der Waals surface area (Å²) in [6, 6.07) is 11.8. The second-order valence-corrected chi connectivity index (χ2v) is 10.8. The topological polar surface area (TPSA) is 108 Å². The Bertz CT molecular complexity index is 1820. The van der Waals surface area contributed by atoms with Gasteiger partial charge in [-0.25, -0.2) is 9.50 Å². The van der Waals surface area contributed by atoms with Crippen LogP contribution in [-0.4, -0.2) is 63.9 Å². The lowest BCUT2D eigenvalue weighted by atomic mass is 9.95. The number of amides is 2. The van der Waals surface area contributed by atoms with Crippen LogP contribution in [0.15, 0.2) is 59.5 Å². The van der Waals surface area contributed by atoms with Gasteiger partial charge >= 0.3 is 0 Å². The predicted octanol–water partition coefficient (Wildman–Crippen LogP) is 4.14. The van der Waals surface area contributed by atoms with Gasteiger partial charge in [0, 0.05) is 56.2 Å². The third kappa shape index (κ3) is 3.91. The molecule has 0 saturated carbocycles. The van der Waals surface area contributed by atoms with Crippen molar-refractivity contribution in [2.75, 3.05) is 33.0 Å². The molecular formula is C30H29N7O3. The van der Waals surface area contributed by atoms with Gasteiger partial charge in [0.15, 0.2) is 0 Å². The van der Waals surface area contributed by atoms with Crippen LogP contribution in [0.3, 0.4) is 0 Å². The molecule has 0 spiro atoms. The molecule has 2 aliphatic heterocycles. The van der Waals surface area contributed by atoms with Crippen LogP contribution in [0, 0.1) is 0 Å². The summed E-state index contributed by atoms with van der Waals surface area (Å²) in [5, 5.41) is 11.9. The zero-order chi connectivity index (χ0) is 27.5. The van der Waals surface area contributed by atoms with E-state index < -0.39 is 0 Å². The molecule has 202 valence electrons. The summed E-state index contributed by atoms with van der Waals surface area (Å²) in [5.74, 6) is 0.811. The average molecular weight is 536 g/mol. The number of carbonyl (C=O) groups is 2. The van der Waals surface area contributed by atoms with Crippen molar-refractivity contribution in [1.82, 2.24) is 29.7 Å². The number of fused-ring (bicyclic) bond motifs is 4. The summed E-state index contributed by atoms with van der Waals surface area (Å²) in [6.07, 6.45) is 5.89. The van der Waals surface area contributed by atoms with E-state index in [9.17, 15) is 9.59 Å². The van der Waals surface area contributed by atoms with Crippen LogP contribution in [-0.2, 0) is 17.9 Å². The summed E-state index contributed by atoms with van der Waals surface area (Å²) in [5.41, 5.74) is 7.87. The van der Waals surface area contributed by atoms with Gasteiger partial charge in [0.05, 0.1) is 34.9 Å². The lowest BCUT2D eigenvalue weighted by molar-refractivity contribution is -0.126. The lowest BCUT2D eigenvalue weighted by Crippen LogP contribution is -2.19. The van der Waals surface area contributed by atoms with E-state index in [4.69, 9.17) is 9.40 Å². The molecule has 1 aromatic carbocycles. The van der Waals surface area contributed by atoms with E-state index in [1.54, 1.807) is 11.2 Å². The zero-order valence-corrected chi connectivity index (χ0v) is 22.6. The molecule has 10 nitrogen and oxygen atoms in total. The number of benzene rings is 1. The van der Waals surface area contributed by atoms with E-state index in [0.29, 0.717) is 43.1 Å². The van der Waals surface area contributed by atoms with E-state index >= 15 is 0 Å². The molecule has 0 bridgehead atoms. The van der Waals surface area contributed by atoms with Crippen molar-refractivity contribution < 1.29 is 14.0 Å². The first kappa shape index (κ1) is 24.3. The molecule has 1 atom stereocenters. The predicted molar refractivity (Wildman–Crippen MR) is 151 cm³/mol. The molecule has 1 saturated heterocycles. The Labute approximate surface area is 230 Å². The zero-order valence-electron chi connectivity index (χ0n) is 22.6. The Kier molecular flexibility index (Phi) is 5.60. The molecule has 7 rings (SSSR count). The van der Waals surface area contributed by atoms with E-state index in [1.807, 2.05) is 68.4 Å². The average Bonchev–Trinajstić information content (AvgIpc) is 3.71. The van der Waals surface area contributed by atoms with Crippen molar-refractivity contribution in [2.24, 2.45) is 0 Å². The molecule has 1 fully saturated rings. The monoisotopic (exact) mass is 535 g/mol. The number of rotatable bonds is 6. The summed E-state index contributed by atoms with van der Waals surface area (Å²) < 4.78 is 7.46. The van der Waals surface area contributed by atoms with Crippen LogP contribution in [0.25, 0.3) is 27.6 Å². The number of likely N-dealkylation sites (tertiary alicyclic amines) is 1. The summed E-state index contributed by atoms with van der Waals surface area (Å²) in [4.78, 5) is 34.1. The minimum absolute atomic E-state index is 0.121. The smallest absolute Gasteiger partial charge is 0.254 e. The molecule has 2 aliphatic rings. The van der Waals surface area contributed by atoms with Crippen LogP contribution in [0.1, 0.15) is 39.5 Å². The van der Waals surface area contributed by atoms with Crippen LogP contribution in [0.2, 0.25) is 0 Å². The molecule has 0 radical (unpaired) electrons. The Balaban J connectivity index is 1.28. The highest BCUT2D eigenvalue weighted by Crippen LogP contribution is 2.39. The first-order valence-corrected chi connectivity index (χ1v) is 13.3. The summed E-state index contributed by atoms with van der Waals surface area (Å²) >= 11 is 0. The van der Waals surface area contributed by atoms with Gasteiger partial charge in [-0.15, -0.1) is 0 Å². The largest absolute Gasteiger partial charge is 0.464 e. The normalized spacial score (nSPS) is 16.9. The van der Waals surface area contributed by atoms with Crippen LogP contribution < -0.4 is 10.6 Å². The van der Waals surface area contributed by atoms with Gasteiger partial charge in [-0.3, -0.25) is 9.59 Å². The number of nitrogens with zero attached hydrogens (tertiary/aromatic N) is 5. The fourth-order valence-corrected chi connectivity index (χ4v) is 6.02. The van der Waals surface area contributed by atoms with Crippen molar-refractivity contribution in [2.45, 2.75) is 25.4 Å². The number of pyridine rings is 2. The second kappa shape index (κ2) is 9.20. The lowest BCUT2D eigenvalue weighted by Gasteiger charge is -2.19. The molecule has 2 amide bonds. The van der Waals surface area contributed by atoms with Gasteiger partial charge in [0.2, 0.25) is 5.91 Å². The van der Waals surface area contributed by atoms with Crippen molar-refractivity contribution in [3.63, 3.8) is 0 Å². The summed E-state index contributed by atoms with van der Waals surface area (Å²) in [6.45, 7) is 1.77. The number of aromatic nitrogens is 3. The minimum atomic E-state index is -0.123. The van der Waals surface area contributed by atoms with Crippen molar-refractivity contribution in [3.05, 3.63) is 77.4 Å². The van der Waals surface area contributed by atoms with Gasteiger partial charge in [-0.2, -0.15) is 5.10 Å². The molecule has 6 heterocycles. The van der Waals surface area contributed by atoms with Gasteiger partial charge in [0.1, 0.15) is 11.4 Å². The maximum absolute atomic E-state index is 13.1. The number of likely N-dealkylation sites (N-methyl/N-ethyl adjacent to an activating group) is 1. The second-order valence-electron chi connectivity index (χ2n) is 10.8. The van der Waals surface area contributed by atoms with Gasteiger partial charge < -0.3 is 24.9 Å². The van der Waals surface area contributed by atoms with Crippen molar-refractivity contribution >= 4 is 39.8 Å². The summed E-state index contributed by atoms with van der Waals surface area (Å²) in [7, 11) is 5.85. The van der Waals surface area contributed by atoms with Crippen molar-refractivity contribution in [1.29, 1.82) is 0 Å². The molecule has 40 heavy (non-hydrogen) atoms. The van der Waals surface area contributed by atoms with Crippen LogP contribution in [0.5, 0.6) is 0 Å². The molecular weight excluding hydrogens is 506 g/mol. The SMILES string of the molecule is CN(C)Cc1nc(Nc2ccc(-c3cnn4ccc5occc5c34)c3c2C(=O)NC3)ccc1[C@H]1CC(=O)N(C)C1. The highest BCUT2D eigenvalue weighted by molar-refractivity contribution is 6.08. The third-order valence-electron chi connectivity index (χ3n) is 7.89. The number of hydrogen-bond acceptors (Lipinski definition) is 7. The van der Waals surface area contributed by atoms with E-state index in [1.165, 1.54) is 0 Å². The number of hydrogen-bond donors (Lipinski definition) is 2. The Morgan fingerprint density at radius 2 is 2.00 bits per heavy atom. The molecule has 0 aliphatic carbocycles. The van der Waals surface area contributed by atoms with Gasteiger partial charge in [0.25, 0.3) is 5.91 Å². The van der Waals surface area contributed by atoms with Gasteiger partial charge in [-0.1, -0.05) is 12.1 Å². The Hall–Kier alpha value is -4.70. The first-order valence-electron chi connectivity index (χ1n) is 13.3. The number of anilines is 2. The number of carbonyl (C=O) groups excluding carboxylic acids is 2. The number of furan rings is 1. The Morgan fingerprint density at radius 3 is 2.80 bits per heavy atom. The standard InChI is InChI=1S/C30H29N7O3/c1-35(2)16-24-18(17-12-27(38)36(3)15-17)5-7-26(34-24)33-23-6-4-19(21-13-31-30(39)28(21)23)22-14-32-37-10-8-25-20(29(22)37)9-11-40-25/h4-11,14,17H,12-13,15-16H2,1-3H3,(H,31,39)(H,33,34)/t17-/m0/s1. The molecule has 0 unspecified atom stereocenters. The molecule has 10 heteroatoms. The maximum atomic E-state index is 13.1. The fourth-order valence-electron chi connectivity index (χ4n) is 6.02. The molecule has 2 N–H and O–H groups in total. The number of nitrogens with one attached hydrogen (secondary N) is 2. The van der Waals surface area contributed by atoms with E-state index in [0.717, 1.165) is 44.4 Å². The highest BCUT2D eigenvalue weighted by Gasteiger charge is 2.31. The van der Waals surface area contributed by atoms with E-state index in [-0.39, 0.29) is 17.7 Å².